The second-order valence-electron chi connectivity index (χ2n) is 3.90. The molecule has 1 aromatic heterocycles. The zero-order valence-corrected chi connectivity index (χ0v) is 10.5. The molecular formula is C12H14BrNO. The Hall–Kier alpha value is -0.800. The van der Waals surface area contributed by atoms with Crippen LogP contribution in [-0.2, 0) is 6.54 Å². The SMILES string of the molecule is CC(C)NCc1cc2c(Br)cccc2o1. The average Bonchev–Trinajstić information content (AvgIpc) is 2.59. The largest absolute Gasteiger partial charge is 0.460 e. The van der Waals surface area contributed by atoms with E-state index in [0.29, 0.717) is 6.04 Å². The van der Waals surface area contributed by atoms with Crippen molar-refractivity contribution in [3.8, 4) is 0 Å². The Kier molecular flexibility index (Phi) is 3.12. The molecule has 1 aromatic carbocycles. The number of benzene rings is 1. The number of hydrogen-bond acceptors (Lipinski definition) is 2. The molecule has 15 heavy (non-hydrogen) atoms. The van der Waals surface area contributed by atoms with Crippen LogP contribution >= 0.6 is 15.9 Å². The van der Waals surface area contributed by atoms with Gasteiger partial charge in [-0.15, -0.1) is 0 Å². The summed E-state index contributed by atoms with van der Waals surface area (Å²) in [5.41, 5.74) is 0.935. The Morgan fingerprint density at radius 2 is 2.20 bits per heavy atom. The maximum Gasteiger partial charge on any atom is 0.135 e. The monoisotopic (exact) mass is 267 g/mol. The van der Waals surface area contributed by atoms with Crippen molar-refractivity contribution in [2.45, 2.75) is 26.4 Å². The van der Waals surface area contributed by atoms with Crippen LogP contribution in [0.15, 0.2) is 33.2 Å². The molecule has 0 radical (unpaired) electrons. The third-order valence-electron chi connectivity index (χ3n) is 2.24. The third kappa shape index (κ3) is 2.41. The van der Waals surface area contributed by atoms with Crippen LogP contribution in [0.2, 0.25) is 0 Å². The third-order valence-corrected chi connectivity index (χ3v) is 2.94. The van der Waals surface area contributed by atoms with Crippen molar-refractivity contribution in [2.24, 2.45) is 0 Å². The molecule has 0 aliphatic carbocycles. The lowest BCUT2D eigenvalue weighted by atomic mass is 10.2. The van der Waals surface area contributed by atoms with Crippen LogP contribution in [0.4, 0.5) is 0 Å². The molecule has 0 unspecified atom stereocenters. The molecule has 0 aliphatic rings. The second kappa shape index (κ2) is 4.37. The summed E-state index contributed by atoms with van der Waals surface area (Å²) in [5.74, 6) is 0.977. The molecule has 1 heterocycles. The number of furan rings is 1. The molecule has 0 amide bonds. The van der Waals surface area contributed by atoms with Gasteiger partial charge in [-0.1, -0.05) is 35.8 Å². The first kappa shape index (κ1) is 10.7. The van der Waals surface area contributed by atoms with Crippen LogP contribution in [0.1, 0.15) is 19.6 Å². The van der Waals surface area contributed by atoms with Gasteiger partial charge in [-0.3, -0.25) is 0 Å². The summed E-state index contributed by atoms with van der Waals surface area (Å²) in [4.78, 5) is 0. The predicted molar refractivity (Wildman–Crippen MR) is 65.9 cm³/mol. The smallest absolute Gasteiger partial charge is 0.135 e. The Morgan fingerprint density at radius 3 is 2.87 bits per heavy atom. The van der Waals surface area contributed by atoms with Crippen LogP contribution in [0.25, 0.3) is 11.0 Å². The molecule has 0 bridgehead atoms. The van der Waals surface area contributed by atoms with Crippen molar-refractivity contribution in [1.29, 1.82) is 0 Å². The minimum atomic E-state index is 0.474. The quantitative estimate of drug-likeness (QED) is 0.918. The molecule has 2 rings (SSSR count). The van der Waals surface area contributed by atoms with E-state index >= 15 is 0 Å². The topological polar surface area (TPSA) is 25.2 Å². The van der Waals surface area contributed by atoms with Crippen LogP contribution in [-0.4, -0.2) is 6.04 Å². The van der Waals surface area contributed by atoms with Gasteiger partial charge in [0, 0.05) is 15.9 Å². The first-order valence-electron chi connectivity index (χ1n) is 5.07. The van der Waals surface area contributed by atoms with Gasteiger partial charge in [0.2, 0.25) is 0 Å². The molecule has 0 aliphatic heterocycles. The Morgan fingerprint density at radius 1 is 1.40 bits per heavy atom. The Balaban J connectivity index is 2.27. The first-order valence-corrected chi connectivity index (χ1v) is 5.86. The zero-order chi connectivity index (χ0) is 10.8. The number of rotatable bonds is 3. The summed E-state index contributed by atoms with van der Waals surface area (Å²) >= 11 is 3.51. The van der Waals surface area contributed by atoms with E-state index in [1.54, 1.807) is 0 Å². The summed E-state index contributed by atoms with van der Waals surface area (Å²) in [6, 6.07) is 8.54. The minimum absolute atomic E-state index is 0.474. The molecule has 80 valence electrons. The Bertz CT molecular complexity index is 462. The highest BCUT2D eigenvalue weighted by Crippen LogP contribution is 2.26. The van der Waals surface area contributed by atoms with E-state index in [-0.39, 0.29) is 0 Å². The molecule has 2 nitrogen and oxygen atoms in total. The predicted octanol–water partition coefficient (Wildman–Crippen LogP) is 3.69. The van der Waals surface area contributed by atoms with Crippen molar-refractivity contribution in [3.05, 3.63) is 34.5 Å². The van der Waals surface area contributed by atoms with Gasteiger partial charge in [0.15, 0.2) is 0 Å². The average molecular weight is 268 g/mol. The van der Waals surface area contributed by atoms with Crippen LogP contribution in [0.3, 0.4) is 0 Å². The minimum Gasteiger partial charge on any atom is -0.460 e. The van der Waals surface area contributed by atoms with E-state index in [4.69, 9.17) is 4.42 Å². The second-order valence-corrected chi connectivity index (χ2v) is 4.75. The van der Waals surface area contributed by atoms with Gasteiger partial charge >= 0.3 is 0 Å². The van der Waals surface area contributed by atoms with Crippen molar-refractivity contribution >= 4 is 26.9 Å². The van der Waals surface area contributed by atoms with Crippen molar-refractivity contribution in [2.75, 3.05) is 0 Å². The molecule has 0 fully saturated rings. The van der Waals surface area contributed by atoms with E-state index in [2.05, 4.69) is 41.2 Å². The van der Waals surface area contributed by atoms with Gasteiger partial charge in [-0.25, -0.2) is 0 Å². The van der Waals surface area contributed by atoms with Gasteiger partial charge < -0.3 is 9.73 Å². The number of halogens is 1. The maximum absolute atomic E-state index is 5.71. The fourth-order valence-corrected chi connectivity index (χ4v) is 1.93. The highest BCUT2D eigenvalue weighted by atomic mass is 79.9. The zero-order valence-electron chi connectivity index (χ0n) is 8.88. The summed E-state index contributed by atoms with van der Waals surface area (Å²) < 4.78 is 6.79. The molecular weight excluding hydrogens is 254 g/mol. The lowest BCUT2D eigenvalue weighted by molar-refractivity contribution is 0.488. The molecule has 3 heteroatoms. The molecule has 0 atom stereocenters. The van der Waals surface area contributed by atoms with Gasteiger partial charge in [-0.05, 0) is 18.2 Å². The first-order chi connectivity index (χ1) is 7.16. The summed E-state index contributed by atoms with van der Waals surface area (Å²) in [6.07, 6.45) is 0. The summed E-state index contributed by atoms with van der Waals surface area (Å²) in [6.45, 7) is 5.02. The number of fused-ring (bicyclic) bond motifs is 1. The lowest BCUT2D eigenvalue weighted by Crippen LogP contribution is -2.21. The van der Waals surface area contributed by atoms with Gasteiger partial charge in [-0.2, -0.15) is 0 Å². The number of hydrogen-bond donors (Lipinski definition) is 1. The molecule has 0 saturated carbocycles. The van der Waals surface area contributed by atoms with E-state index in [1.165, 1.54) is 0 Å². The van der Waals surface area contributed by atoms with Gasteiger partial charge in [0.25, 0.3) is 0 Å². The fourth-order valence-electron chi connectivity index (χ4n) is 1.47. The van der Waals surface area contributed by atoms with Crippen LogP contribution in [0, 0.1) is 0 Å². The van der Waals surface area contributed by atoms with Crippen molar-refractivity contribution in [3.63, 3.8) is 0 Å². The van der Waals surface area contributed by atoms with E-state index < -0.39 is 0 Å². The summed E-state index contributed by atoms with van der Waals surface area (Å²) in [5, 5.41) is 4.47. The highest BCUT2D eigenvalue weighted by molar-refractivity contribution is 9.10. The Labute approximate surface area is 97.8 Å². The highest BCUT2D eigenvalue weighted by Gasteiger charge is 2.06. The van der Waals surface area contributed by atoms with Crippen LogP contribution in [0.5, 0.6) is 0 Å². The van der Waals surface area contributed by atoms with E-state index in [9.17, 15) is 0 Å². The van der Waals surface area contributed by atoms with Crippen molar-refractivity contribution in [1.82, 2.24) is 5.32 Å². The molecule has 0 saturated heterocycles. The van der Waals surface area contributed by atoms with Gasteiger partial charge in [0.05, 0.1) is 6.54 Å². The maximum atomic E-state index is 5.71. The summed E-state index contributed by atoms with van der Waals surface area (Å²) in [7, 11) is 0. The van der Waals surface area contributed by atoms with E-state index in [1.807, 2.05) is 18.2 Å². The lowest BCUT2D eigenvalue weighted by Gasteiger charge is -2.04. The molecule has 2 aromatic rings. The van der Waals surface area contributed by atoms with Gasteiger partial charge in [0.1, 0.15) is 11.3 Å². The molecule has 1 N–H and O–H groups in total. The fraction of sp³-hybridized carbons (Fsp3) is 0.333. The molecule has 0 spiro atoms. The van der Waals surface area contributed by atoms with E-state index in [0.717, 1.165) is 27.7 Å². The normalized spacial score (nSPS) is 11.5. The standard InChI is InChI=1S/C12H14BrNO/c1-8(2)14-7-9-6-10-11(13)4-3-5-12(10)15-9/h3-6,8,14H,7H2,1-2H3. The number of nitrogens with one attached hydrogen (secondary N) is 1. The van der Waals surface area contributed by atoms with Crippen molar-refractivity contribution < 1.29 is 4.42 Å². The van der Waals surface area contributed by atoms with Crippen LogP contribution < -0.4 is 5.32 Å².